The molecule has 4 N–H and O–H groups in total. The standard InChI is InChI=1S/C3H3N3S3.C3H8O/c7-1-4-2(8)6-3(9)5-1;1-3(2)4/h(H3,4,5,6,7,8,9);3-4H,1-2H3. The molecule has 0 fully saturated rings. The number of aliphatic hydroxyl groups is 1. The van der Waals surface area contributed by atoms with Gasteiger partial charge in [-0.25, -0.2) is 0 Å². The first kappa shape index (κ1) is 12.6. The van der Waals surface area contributed by atoms with E-state index in [1.165, 1.54) is 0 Å². The van der Waals surface area contributed by atoms with Crippen LogP contribution in [0.25, 0.3) is 0 Å². The van der Waals surface area contributed by atoms with Gasteiger partial charge in [0.05, 0.1) is 0 Å². The number of aromatic nitrogens is 3. The fourth-order valence-electron chi connectivity index (χ4n) is 0.403. The van der Waals surface area contributed by atoms with E-state index in [-0.39, 0.29) is 6.10 Å². The van der Waals surface area contributed by atoms with Crippen molar-refractivity contribution in [2.75, 3.05) is 0 Å². The summed E-state index contributed by atoms with van der Waals surface area (Å²) in [5.74, 6) is 0. The summed E-state index contributed by atoms with van der Waals surface area (Å²) in [4.78, 5) is 7.99. The molecule has 0 radical (unpaired) electrons. The Morgan fingerprint density at radius 2 is 1.08 bits per heavy atom. The van der Waals surface area contributed by atoms with Crippen molar-refractivity contribution in [1.82, 2.24) is 15.0 Å². The average Bonchev–Trinajstić information content (AvgIpc) is 1.80. The Hall–Kier alpha value is -0.370. The van der Waals surface area contributed by atoms with Crippen LogP contribution in [0.3, 0.4) is 0 Å². The highest BCUT2D eigenvalue weighted by Gasteiger charge is 1.76. The van der Waals surface area contributed by atoms with Crippen LogP contribution in [0.1, 0.15) is 13.8 Å². The van der Waals surface area contributed by atoms with Crippen LogP contribution in [-0.4, -0.2) is 26.2 Å². The molecule has 0 spiro atoms. The van der Waals surface area contributed by atoms with Crippen molar-refractivity contribution < 1.29 is 5.11 Å². The molecule has 1 aromatic heterocycles. The summed E-state index contributed by atoms with van der Waals surface area (Å²) in [6.07, 6.45) is -0.167. The number of hydrogen-bond donors (Lipinski definition) is 4. The molecule has 0 saturated carbocycles. The topological polar surface area (TPSA) is 67.6 Å². The number of hydrogen-bond acceptors (Lipinski definition) is 4. The quantitative estimate of drug-likeness (QED) is 0.522. The van der Waals surface area contributed by atoms with Gasteiger partial charge in [-0.1, -0.05) is 0 Å². The Morgan fingerprint density at radius 1 is 0.923 bits per heavy atom. The largest absolute Gasteiger partial charge is 0.394 e. The fourth-order valence-corrected chi connectivity index (χ4v) is 1.21. The molecule has 7 heteroatoms. The summed E-state index contributed by atoms with van der Waals surface area (Å²) in [5.41, 5.74) is 0. The van der Waals surface area contributed by atoms with Gasteiger partial charge in [-0.15, -0.1) is 0 Å². The van der Waals surface area contributed by atoms with Gasteiger partial charge in [0.25, 0.3) is 0 Å². The summed E-state index contributed by atoms with van der Waals surface area (Å²) >= 11 is 14.2. The van der Waals surface area contributed by atoms with Crippen LogP contribution in [0, 0.1) is 14.3 Å². The Bertz CT molecular complexity index is 321. The van der Waals surface area contributed by atoms with E-state index in [9.17, 15) is 0 Å². The van der Waals surface area contributed by atoms with Crippen LogP contribution in [0.4, 0.5) is 0 Å². The Labute approximate surface area is 91.1 Å². The number of rotatable bonds is 0. The molecule has 0 bridgehead atoms. The molecule has 0 aliphatic carbocycles. The molecule has 0 saturated heterocycles. The van der Waals surface area contributed by atoms with Crippen molar-refractivity contribution in [3.8, 4) is 0 Å². The summed E-state index contributed by atoms with van der Waals surface area (Å²) in [5, 5.41) is 8.06. The maximum atomic E-state index is 8.06. The molecule has 0 unspecified atom stereocenters. The molecule has 0 aliphatic heterocycles. The van der Waals surface area contributed by atoms with Crippen LogP contribution < -0.4 is 0 Å². The maximum absolute atomic E-state index is 8.06. The van der Waals surface area contributed by atoms with Crippen molar-refractivity contribution in [3.63, 3.8) is 0 Å². The van der Waals surface area contributed by atoms with Crippen LogP contribution in [-0.2, 0) is 0 Å². The molecule has 1 rings (SSSR count). The van der Waals surface area contributed by atoms with E-state index >= 15 is 0 Å². The highest BCUT2D eigenvalue weighted by molar-refractivity contribution is 7.72. The Kier molecular flexibility index (Phi) is 5.97. The average molecular weight is 237 g/mol. The lowest BCUT2D eigenvalue weighted by molar-refractivity contribution is 0.216. The first-order chi connectivity index (χ1) is 5.91. The third-order valence-electron chi connectivity index (χ3n) is 0.681. The Balaban J connectivity index is 0.000000310. The van der Waals surface area contributed by atoms with Gasteiger partial charge in [0, 0.05) is 6.10 Å². The van der Waals surface area contributed by atoms with Crippen LogP contribution in [0.15, 0.2) is 0 Å². The highest BCUT2D eigenvalue weighted by Crippen LogP contribution is 1.79. The van der Waals surface area contributed by atoms with Gasteiger partial charge < -0.3 is 20.1 Å². The zero-order valence-corrected chi connectivity index (χ0v) is 9.70. The van der Waals surface area contributed by atoms with E-state index in [0.717, 1.165) is 0 Å². The van der Waals surface area contributed by atoms with Crippen LogP contribution in [0.2, 0.25) is 0 Å². The summed E-state index contributed by atoms with van der Waals surface area (Å²) in [6, 6.07) is 0. The first-order valence-electron chi connectivity index (χ1n) is 3.53. The van der Waals surface area contributed by atoms with Gasteiger partial charge in [-0.2, -0.15) is 0 Å². The molecule has 1 heterocycles. The third-order valence-corrected chi connectivity index (χ3v) is 1.29. The lowest BCUT2D eigenvalue weighted by Gasteiger charge is -1.84. The summed E-state index contributed by atoms with van der Waals surface area (Å²) in [7, 11) is 0. The van der Waals surface area contributed by atoms with E-state index in [1.54, 1.807) is 13.8 Å². The fraction of sp³-hybridized carbons (Fsp3) is 0.500. The second-order valence-electron chi connectivity index (χ2n) is 2.46. The van der Waals surface area contributed by atoms with Gasteiger partial charge in [-0.05, 0) is 50.5 Å². The van der Waals surface area contributed by atoms with Crippen molar-refractivity contribution in [1.29, 1.82) is 0 Å². The van der Waals surface area contributed by atoms with Gasteiger partial charge in [0.2, 0.25) is 0 Å². The summed E-state index contributed by atoms with van der Waals surface area (Å²) < 4.78 is 1.34. The molecule has 0 aromatic carbocycles. The molecule has 74 valence electrons. The zero-order chi connectivity index (χ0) is 10.4. The maximum Gasteiger partial charge on any atom is 0.178 e. The summed E-state index contributed by atoms with van der Waals surface area (Å²) in [6.45, 7) is 3.44. The minimum absolute atomic E-state index is 0.167. The first-order valence-corrected chi connectivity index (χ1v) is 4.75. The zero-order valence-electron chi connectivity index (χ0n) is 7.25. The van der Waals surface area contributed by atoms with Gasteiger partial charge >= 0.3 is 0 Å². The van der Waals surface area contributed by atoms with Crippen molar-refractivity contribution >= 4 is 36.7 Å². The van der Waals surface area contributed by atoms with E-state index in [2.05, 4.69) is 15.0 Å². The van der Waals surface area contributed by atoms with Gasteiger partial charge in [-0.3, -0.25) is 0 Å². The number of H-pyrrole nitrogens is 3. The molecule has 4 nitrogen and oxygen atoms in total. The molecular formula is C6H11N3OS3. The number of aliphatic hydroxyl groups excluding tert-OH is 1. The molecule has 1 aromatic rings. The normalized spacial score (nSPS) is 9.23. The number of nitrogens with one attached hydrogen (secondary N) is 3. The van der Waals surface area contributed by atoms with E-state index in [0.29, 0.717) is 14.3 Å². The van der Waals surface area contributed by atoms with Crippen LogP contribution in [0.5, 0.6) is 0 Å². The van der Waals surface area contributed by atoms with E-state index in [1.807, 2.05) is 0 Å². The second-order valence-corrected chi connectivity index (χ2v) is 3.68. The van der Waals surface area contributed by atoms with Crippen molar-refractivity contribution in [2.45, 2.75) is 20.0 Å². The van der Waals surface area contributed by atoms with Gasteiger partial charge in [0.1, 0.15) is 0 Å². The number of aromatic amines is 3. The van der Waals surface area contributed by atoms with Crippen molar-refractivity contribution in [3.05, 3.63) is 14.3 Å². The minimum atomic E-state index is -0.167. The van der Waals surface area contributed by atoms with Crippen LogP contribution >= 0.6 is 36.7 Å². The molecule has 0 atom stereocenters. The smallest absolute Gasteiger partial charge is 0.178 e. The monoisotopic (exact) mass is 237 g/mol. The van der Waals surface area contributed by atoms with Gasteiger partial charge in [0.15, 0.2) is 14.3 Å². The molecular weight excluding hydrogens is 226 g/mol. The predicted octanol–water partition coefficient (Wildman–Crippen LogP) is 2.25. The molecule has 13 heavy (non-hydrogen) atoms. The van der Waals surface area contributed by atoms with Crippen molar-refractivity contribution in [2.24, 2.45) is 0 Å². The van der Waals surface area contributed by atoms with E-state index < -0.39 is 0 Å². The lowest BCUT2D eigenvalue weighted by atomic mass is 10.5. The lowest BCUT2D eigenvalue weighted by Crippen LogP contribution is -1.86. The molecule has 0 aliphatic rings. The highest BCUT2D eigenvalue weighted by atomic mass is 32.1. The van der Waals surface area contributed by atoms with E-state index in [4.69, 9.17) is 41.8 Å². The minimum Gasteiger partial charge on any atom is -0.394 e. The predicted molar refractivity (Wildman–Crippen MR) is 59.4 cm³/mol. The molecule has 0 amide bonds. The second kappa shape index (κ2) is 6.14. The third kappa shape index (κ3) is 7.97. The Morgan fingerprint density at radius 3 is 1.23 bits per heavy atom. The SMILES string of the molecule is CC(C)O.S=c1[nH]c(=S)[nH]c(=S)[nH]1.